The number of ether oxygens (including phenoxy) is 2. The normalized spacial score (nSPS) is 23.4. The Balaban J connectivity index is 2.07. The predicted octanol–water partition coefficient (Wildman–Crippen LogP) is 3.20. The second-order valence-corrected chi connectivity index (χ2v) is 4.88. The molecule has 2 unspecified atom stereocenters. The highest BCUT2D eigenvalue weighted by atomic mass is 16.5. The Bertz CT molecular complexity index is 450. The first-order valence-electron chi connectivity index (χ1n) is 6.43. The molecule has 0 spiro atoms. The van der Waals surface area contributed by atoms with Crippen LogP contribution in [0.4, 0.5) is 0 Å². The highest BCUT2D eigenvalue weighted by Gasteiger charge is 2.23. The van der Waals surface area contributed by atoms with E-state index in [9.17, 15) is 0 Å². The standard InChI is InChI=1S/C15H19NO2/c1-11-6-7-15(12(8-11)10-16)18-14-5-3-4-13(9-14)17-2/h6-8,13-14H,3-5,9H2,1-2H3. The molecule has 1 fully saturated rings. The quantitative estimate of drug-likeness (QED) is 0.821. The predicted molar refractivity (Wildman–Crippen MR) is 69.6 cm³/mol. The number of methoxy groups -OCH3 is 1. The lowest BCUT2D eigenvalue weighted by Crippen LogP contribution is -2.29. The van der Waals surface area contributed by atoms with Crippen molar-refractivity contribution in [3.63, 3.8) is 0 Å². The van der Waals surface area contributed by atoms with Crippen molar-refractivity contribution in [2.75, 3.05) is 7.11 Å². The fourth-order valence-corrected chi connectivity index (χ4v) is 2.44. The molecule has 1 aliphatic rings. The van der Waals surface area contributed by atoms with Crippen molar-refractivity contribution < 1.29 is 9.47 Å². The summed E-state index contributed by atoms with van der Waals surface area (Å²) in [4.78, 5) is 0. The summed E-state index contributed by atoms with van der Waals surface area (Å²) in [6, 6.07) is 7.93. The van der Waals surface area contributed by atoms with Gasteiger partial charge < -0.3 is 9.47 Å². The van der Waals surface area contributed by atoms with E-state index in [2.05, 4.69) is 6.07 Å². The molecule has 1 saturated carbocycles. The van der Waals surface area contributed by atoms with E-state index < -0.39 is 0 Å². The van der Waals surface area contributed by atoms with Crippen molar-refractivity contribution in [2.24, 2.45) is 0 Å². The molecule has 1 aromatic carbocycles. The lowest BCUT2D eigenvalue weighted by molar-refractivity contribution is 0.0209. The lowest BCUT2D eigenvalue weighted by Gasteiger charge is -2.29. The summed E-state index contributed by atoms with van der Waals surface area (Å²) in [5.41, 5.74) is 1.70. The summed E-state index contributed by atoms with van der Waals surface area (Å²) < 4.78 is 11.4. The number of nitriles is 1. The highest BCUT2D eigenvalue weighted by molar-refractivity contribution is 5.45. The molecular formula is C15H19NO2. The first-order valence-corrected chi connectivity index (χ1v) is 6.43. The molecule has 18 heavy (non-hydrogen) atoms. The SMILES string of the molecule is COC1CCCC(Oc2ccc(C)cc2C#N)C1. The van der Waals surface area contributed by atoms with Crippen LogP contribution in [0.15, 0.2) is 18.2 Å². The molecule has 2 rings (SSSR count). The highest BCUT2D eigenvalue weighted by Crippen LogP contribution is 2.27. The van der Waals surface area contributed by atoms with Crippen LogP contribution < -0.4 is 4.74 Å². The molecule has 0 heterocycles. The molecule has 0 amide bonds. The van der Waals surface area contributed by atoms with Gasteiger partial charge in [-0.3, -0.25) is 0 Å². The van der Waals surface area contributed by atoms with Crippen LogP contribution in [0.3, 0.4) is 0 Å². The molecule has 0 saturated heterocycles. The van der Waals surface area contributed by atoms with Gasteiger partial charge in [-0.15, -0.1) is 0 Å². The number of hydrogen-bond acceptors (Lipinski definition) is 3. The average molecular weight is 245 g/mol. The molecule has 96 valence electrons. The van der Waals surface area contributed by atoms with E-state index in [0.717, 1.165) is 31.2 Å². The Hall–Kier alpha value is -1.53. The molecule has 0 aromatic heterocycles. The van der Waals surface area contributed by atoms with E-state index in [1.807, 2.05) is 25.1 Å². The van der Waals surface area contributed by atoms with E-state index in [4.69, 9.17) is 14.7 Å². The summed E-state index contributed by atoms with van der Waals surface area (Å²) in [6.45, 7) is 1.98. The number of nitrogens with zero attached hydrogens (tertiary/aromatic N) is 1. The summed E-state index contributed by atoms with van der Waals surface area (Å²) in [5.74, 6) is 0.699. The first kappa shape index (κ1) is 12.9. The Morgan fingerprint density at radius 3 is 2.78 bits per heavy atom. The summed E-state index contributed by atoms with van der Waals surface area (Å²) in [7, 11) is 1.75. The number of hydrogen-bond donors (Lipinski definition) is 0. The van der Waals surface area contributed by atoms with Crippen LogP contribution in [0.1, 0.15) is 36.8 Å². The zero-order valence-corrected chi connectivity index (χ0v) is 11.0. The van der Waals surface area contributed by atoms with Crippen molar-refractivity contribution in [1.82, 2.24) is 0 Å². The van der Waals surface area contributed by atoms with Crippen molar-refractivity contribution in [3.05, 3.63) is 29.3 Å². The Kier molecular flexibility index (Phi) is 4.22. The third-order valence-corrected chi connectivity index (χ3v) is 3.46. The van der Waals surface area contributed by atoms with Crippen molar-refractivity contribution in [2.45, 2.75) is 44.8 Å². The number of aryl methyl sites for hydroxylation is 1. The molecule has 0 N–H and O–H groups in total. The maximum absolute atomic E-state index is 9.12. The fourth-order valence-electron chi connectivity index (χ4n) is 2.44. The van der Waals surface area contributed by atoms with Crippen LogP contribution in [0.5, 0.6) is 5.75 Å². The smallest absolute Gasteiger partial charge is 0.137 e. The molecule has 2 atom stereocenters. The van der Waals surface area contributed by atoms with Gasteiger partial charge in [0.05, 0.1) is 11.7 Å². The minimum absolute atomic E-state index is 0.165. The molecule has 1 aliphatic carbocycles. The second kappa shape index (κ2) is 5.88. The third-order valence-electron chi connectivity index (χ3n) is 3.46. The molecule has 0 bridgehead atoms. The zero-order chi connectivity index (χ0) is 13.0. The van der Waals surface area contributed by atoms with Crippen LogP contribution in [0, 0.1) is 18.3 Å². The summed E-state index contributed by atoms with van der Waals surface area (Å²) >= 11 is 0. The minimum Gasteiger partial charge on any atom is -0.489 e. The Morgan fingerprint density at radius 1 is 1.28 bits per heavy atom. The van der Waals surface area contributed by atoms with E-state index >= 15 is 0 Å². The molecule has 1 aromatic rings. The molecule has 3 nitrogen and oxygen atoms in total. The maximum Gasteiger partial charge on any atom is 0.137 e. The van der Waals surface area contributed by atoms with Crippen LogP contribution in [0.2, 0.25) is 0 Å². The maximum atomic E-state index is 9.12. The van der Waals surface area contributed by atoms with Gasteiger partial charge in [-0.1, -0.05) is 6.07 Å². The Labute approximate surface area is 108 Å². The van der Waals surface area contributed by atoms with Crippen LogP contribution >= 0.6 is 0 Å². The second-order valence-electron chi connectivity index (χ2n) is 4.88. The molecule has 0 aliphatic heterocycles. The number of rotatable bonds is 3. The third kappa shape index (κ3) is 3.02. The van der Waals surface area contributed by atoms with Gasteiger partial charge >= 0.3 is 0 Å². The molecular weight excluding hydrogens is 226 g/mol. The van der Waals surface area contributed by atoms with E-state index in [-0.39, 0.29) is 6.10 Å². The van der Waals surface area contributed by atoms with Gasteiger partial charge in [0.25, 0.3) is 0 Å². The Morgan fingerprint density at radius 2 is 2.06 bits per heavy atom. The van der Waals surface area contributed by atoms with Crippen LogP contribution in [0.25, 0.3) is 0 Å². The summed E-state index contributed by atoms with van der Waals surface area (Å²) in [5, 5.41) is 9.12. The first-order chi connectivity index (χ1) is 8.72. The number of benzene rings is 1. The van der Waals surface area contributed by atoms with Gasteiger partial charge in [0.15, 0.2) is 0 Å². The zero-order valence-electron chi connectivity index (χ0n) is 11.0. The van der Waals surface area contributed by atoms with Gasteiger partial charge in [-0.2, -0.15) is 5.26 Å². The van der Waals surface area contributed by atoms with Gasteiger partial charge in [0.2, 0.25) is 0 Å². The van der Waals surface area contributed by atoms with Crippen molar-refractivity contribution in [3.8, 4) is 11.8 Å². The average Bonchev–Trinajstić information content (AvgIpc) is 2.41. The molecule has 3 heteroatoms. The topological polar surface area (TPSA) is 42.2 Å². The van der Waals surface area contributed by atoms with E-state index in [1.54, 1.807) is 7.11 Å². The largest absolute Gasteiger partial charge is 0.489 e. The van der Waals surface area contributed by atoms with Gasteiger partial charge in [-0.05, 0) is 43.9 Å². The van der Waals surface area contributed by atoms with Crippen LogP contribution in [-0.2, 0) is 4.74 Å². The van der Waals surface area contributed by atoms with E-state index in [0.29, 0.717) is 17.4 Å². The van der Waals surface area contributed by atoms with Crippen molar-refractivity contribution in [1.29, 1.82) is 5.26 Å². The monoisotopic (exact) mass is 245 g/mol. The molecule has 0 radical (unpaired) electrons. The van der Waals surface area contributed by atoms with Gasteiger partial charge in [-0.25, -0.2) is 0 Å². The van der Waals surface area contributed by atoms with Crippen molar-refractivity contribution >= 4 is 0 Å². The van der Waals surface area contributed by atoms with Gasteiger partial charge in [0.1, 0.15) is 17.9 Å². The summed E-state index contributed by atoms with van der Waals surface area (Å²) in [6.07, 6.45) is 4.64. The minimum atomic E-state index is 0.165. The lowest BCUT2D eigenvalue weighted by atomic mass is 9.95. The van der Waals surface area contributed by atoms with Crippen LogP contribution in [-0.4, -0.2) is 19.3 Å². The van der Waals surface area contributed by atoms with Gasteiger partial charge in [0, 0.05) is 13.5 Å². The fraction of sp³-hybridized carbons (Fsp3) is 0.533. The van der Waals surface area contributed by atoms with E-state index in [1.165, 1.54) is 0 Å².